The third kappa shape index (κ3) is 5.89. The lowest BCUT2D eigenvalue weighted by Gasteiger charge is -2.08. The predicted molar refractivity (Wildman–Crippen MR) is 112 cm³/mol. The molecule has 28 heavy (non-hydrogen) atoms. The maximum atomic E-state index is 12.2. The number of sulfone groups is 1. The number of para-hydroxylation sites is 1. The SMILES string of the molecule is O=C(CS(=O)(=O)CCCc1ccccc1)NCCc1cccc2cccnc12. The van der Waals surface area contributed by atoms with Crippen LogP contribution in [0.2, 0.25) is 0 Å². The lowest BCUT2D eigenvalue weighted by atomic mass is 10.1. The number of aryl methyl sites for hydroxylation is 1. The highest BCUT2D eigenvalue weighted by atomic mass is 32.2. The van der Waals surface area contributed by atoms with Gasteiger partial charge in [0, 0.05) is 18.1 Å². The first-order chi connectivity index (χ1) is 13.5. The van der Waals surface area contributed by atoms with E-state index in [4.69, 9.17) is 0 Å². The predicted octanol–water partition coefficient (Wildman–Crippen LogP) is 2.94. The van der Waals surface area contributed by atoms with Crippen LogP contribution >= 0.6 is 0 Å². The molecular formula is C22H24N2O3S. The van der Waals surface area contributed by atoms with Gasteiger partial charge in [0.25, 0.3) is 0 Å². The average Bonchev–Trinajstić information content (AvgIpc) is 2.68. The summed E-state index contributed by atoms with van der Waals surface area (Å²) in [5, 5.41) is 3.76. The molecule has 0 unspecified atom stereocenters. The minimum absolute atomic E-state index is 0.0164. The van der Waals surface area contributed by atoms with Crippen molar-refractivity contribution in [3.8, 4) is 0 Å². The summed E-state index contributed by atoms with van der Waals surface area (Å²) in [5.41, 5.74) is 3.04. The molecule has 1 N–H and O–H groups in total. The van der Waals surface area contributed by atoms with Gasteiger partial charge in [-0.25, -0.2) is 8.42 Å². The Hall–Kier alpha value is -2.73. The third-order valence-electron chi connectivity index (χ3n) is 4.55. The molecule has 2 aromatic carbocycles. The molecule has 0 bridgehead atoms. The second-order valence-electron chi connectivity index (χ2n) is 6.77. The van der Waals surface area contributed by atoms with Gasteiger partial charge in [-0.05, 0) is 36.5 Å². The van der Waals surface area contributed by atoms with Gasteiger partial charge < -0.3 is 5.32 Å². The van der Waals surface area contributed by atoms with Gasteiger partial charge in [-0.3, -0.25) is 9.78 Å². The van der Waals surface area contributed by atoms with Crippen LogP contribution in [0.1, 0.15) is 17.5 Å². The van der Waals surface area contributed by atoms with Crippen molar-refractivity contribution in [3.05, 3.63) is 78.0 Å². The van der Waals surface area contributed by atoms with E-state index in [-0.39, 0.29) is 5.75 Å². The van der Waals surface area contributed by atoms with Crippen LogP contribution in [0.5, 0.6) is 0 Å². The van der Waals surface area contributed by atoms with Gasteiger partial charge in [0.1, 0.15) is 5.75 Å². The number of hydrogen-bond acceptors (Lipinski definition) is 4. The fourth-order valence-corrected chi connectivity index (χ4v) is 4.40. The van der Waals surface area contributed by atoms with Gasteiger partial charge in [-0.1, -0.05) is 54.6 Å². The summed E-state index contributed by atoms with van der Waals surface area (Å²) in [7, 11) is -3.41. The summed E-state index contributed by atoms with van der Waals surface area (Å²) in [4.78, 5) is 16.4. The highest BCUT2D eigenvalue weighted by Gasteiger charge is 2.16. The molecule has 3 rings (SSSR count). The summed E-state index contributed by atoms with van der Waals surface area (Å²) >= 11 is 0. The Kier molecular flexibility index (Phi) is 6.76. The number of rotatable bonds is 9. The molecule has 146 valence electrons. The Balaban J connectivity index is 1.44. The molecular weight excluding hydrogens is 372 g/mol. The van der Waals surface area contributed by atoms with E-state index in [1.54, 1.807) is 6.20 Å². The van der Waals surface area contributed by atoms with E-state index in [1.165, 1.54) is 0 Å². The Morgan fingerprint density at radius 1 is 0.929 bits per heavy atom. The van der Waals surface area contributed by atoms with Crippen molar-refractivity contribution in [2.24, 2.45) is 0 Å². The summed E-state index contributed by atoms with van der Waals surface area (Å²) in [5.74, 6) is -0.897. The van der Waals surface area contributed by atoms with Crippen molar-refractivity contribution in [3.63, 3.8) is 0 Å². The molecule has 0 atom stereocenters. The van der Waals surface area contributed by atoms with E-state index in [9.17, 15) is 13.2 Å². The molecule has 0 aliphatic rings. The lowest BCUT2D eigenvalue weighted by Crippen LogP contribution is -2.32. The Morgan fingerprint density at radius 2 is 1.71 bits per heavy atom. The van der Waals surface area contributed by atoms with Crippen molar-refractivity contribution in [2.75, 3.05) is 18.1 Å². The van der Waals surface area contributed by atoms with Crippen LogP contribution in [-0.2, 0) is 27.5 Å². The minimum Gasteiger partial charge on any atom is -0.355 e. The zero-order chi connectivity index (χ0) is 19.8. The van der Waals surface area contributed by atoms with Gasteiger partial charge in [0.05, 0.1) is 11.3 Å². The number of nitrogens with zero attached hydrogens (tertiary/aromatic N) is 1. The second kappa shape index (κ2) is 9.46. The smallest absolute Gasteiger partial charge is 0.235 e. The Morgan fingerprint density at radius 3 is 2.54 bits per heavy atom. The number of carbonyl (C=O) groups is 1. The largest absolute Gasteiger partial charge is 0.355 e. The number of fused-ring (bicyclic) bond motifs is 1. The van der Waals surface area contributed by atoms with Crippen molar-refractivity contribution in [1.29, 1.82) is 0 Å². The molecule has 0 saturated heterocycles. The number of aromatic nitrogens is 1. The van der Waals surface area contributed by atoms with Crippen LogP contribution in [0.15, 0.2) is 66.9 Å². The van der Waals surface area contributed by atoms with E-state index < -0.39 is 21.5 Å². The number of hydrogen-bond donors (Lipinski definition) is 1. The maximum Gasteiger partial charge on any atom is 0.235 e. The molecule has 1 amide bonds. The van der Waals surface area contributed by atoms with Gasteiger partial charge in [-0.2, -0.15) is 0 Å². The zero-order valence-electron chi connectivity index (χ0n) is 15.7. The second-order valence-corrected chi connectivity index (χ2v) is 8.96. The Bertz CT molecular complexity index is 1030. The molecule has 0 aliphatic heterocycles. The number of nitrogens with one attached hydrogen (secondary N) is 1. The van der Waals surface area contributed by atoms with Crippen molar-refractivity contribution >= 4 is 26.6 Å². The molecule has 0 saturated carbocycles. The summed E-state index contributed by atoms with van der Waals surface area (Å²) in [6.07, 6.45) is 3.55. The van der Waals surface area contributed by atoms with Crippen molar-refractivity contribution < 1.29 is 13.2 Å². The maximum absolute atomic E-state index is 12.2. The molecule has 0 fully saturated rings. The number of amides is 1. The standard InChI is InChI=1S/C22H24N2O3S/c25-21(17-28(26,27)16-6-9-18-7-2-1-3-8-18)23-15-13-20-11-4-10-19-12-5-14-24-22(19)20/h1-5,7-8,10-12,14H,6,9,13,15-17H2,(H,23,25). The first-order valence-corrected chi connectivity index (χ1v) is 11.2. The van der Waals surface area contributed by atoms with Crippen LogP contribution in [-0.4, -0.2) is 37.4 Å². The highest BCUT2D eigenvalue weighted by molar-refractivity contribution is 7.92. The van der Waals surface area contributed by atoms with Crippen molar-refractivity contribution in [1.82, 2.24) is 10.3 Å². The number of pyridine rings is 1. The first-order valence-electron chi connectivity index (χ1n) is 9.37. The van der Waals surface area contributed by atoms with Gasteiger partial charge >= 0.3 is 0 Å². The van der Waals surface area contributed by atoms with Crippen molar-refractivity contribution in [2.45, 2.75) is 19.3 Å². The quantitative estimate of drug-likeness (QED) is 0.603. The number of benzene rings is 2. The average molecular weight is 397 g/mol. The topological polar surface area (TPSA) is 76.1 Å². The molecule has 3 aromatic rings. The molecule has 0 aliphatic carbocycles. The molecule has 5 nitrogen and oxygen atoms in total. The van der Waals surface area contributed by atoms with Crippen LogP contribution in [0.25, 0.3) is 10.9 Å². The lowest BCUT2D eigenvalue weighted by molar-refractivity contribution is -0.118. The molecule has 1 aromatic heterocycles. The zero-order valence-corrected chi connectivity index (χ0v) is 16.5. The fraction of sp³-hybridized carbons (Fsp3) is 0.273. The molecule has 1 heterocycles. The normalized spacial score (nSPS) is 11.4. The van der Waals surface area contributed by atoms with E-state index in [2.05, 4.69) is 10.3 Å². The highest BCUT2D eigenvalue weighted by Crippen LogP contribution is 2.16. The van der Waals surface area contributed by atoms with E-state index >= 15 is 0 Å². The van der Waals surface area contributed by atoms with Gasteiger partial charge in [0.15, 0.2) is 9.84 Å². The minimum atomic E-state index is -3.41. The van der Waals surface area contributed by atoms with E-state index in [0.717, 1.165) is 22.0 Å². The Labute approximate surface area is 165 Å². The molecule has 0 radical (unpaired) electrons. The molecule has 0 spiro atoms. The number of carbonyl (C=O) groups excluding carboxylic acids is 1. The summed E-state index contributed by atoms with van der Waals surface area (Å²) in [6.45, 7) is 0.383. The van der Waals surface area contributed by atoms with E-state index in [0.29, 0.717) is 25.8 Å². The third-order valence-corrected chi connectivity index (χ3v) is 6.16. The van der Waals surface area contributed by atoms with Crippen LogP contribution < -0.4 is 5.32 Å². The van der Waals surface area contributed by atoms with Gasteiger partial charge in [-0.15, -0.1) is 0 Å². The van der Waals surface area contributed by atoms with Crippen LogP contribution in [0.3, 0.4) is 0 Å². The summed E-state index contributed by atoms with van der Waals surface area (Å²) < 4.78 is 24.3. The van der Waals surface area contributed by atoms with Gasteiger partial charge in [0.2, 0.25) is 5.91 Å². The van der Waals surface area contributed by atoms with Crippen LogP contribution in [0, 0.1) is 0 Å². The monoisotopic (exact) mass is 396 g/mol. The molecule has 6 heteroatoms. The summed E-state index contributed by atoms with van der Waals surface area (Å²) in [6, 6.07) is 19.5. The fourth-order valence-electron chi connectivity index (χ4n) is 3.17. The first kappa shape index (κ1) is 20.0. The van der Waals surface area contributed by atoms with Crippen LogP contribution in [0.4, 0.5) is 0 Å². The van der Waals surface area contributed by atoms with E-state index in [1.807, 2.05) is 60.7 Å².